The zero-order valence-electron chi connectivity index (χ0n) is 8.80. The third kappa shape index (κ3) is 2.04. The van der Waals surface area contributed by atoms with Gasteiger partial charge in [-0.3, -0.25) is 0 Å². The lowest BCUT2D eigenvalue weighted by Crippen LogP contribution is -2.16. The van der Waals surface area contributed by atoms with Crippen LogP contribution in [0, 0.1) is 5.82 Å². The molecule has 2 nitrogen and oxygen atoms in total. The summed E-state index contributed by atoms with van der Waals surface area (Å²) in [7, 11) is 3.30. The van der Waals surface area contributed by atoms with E-state index in [-0.39, 0.29) is 11.9 Å². The number of halogens is 1. The minimum absolute atomic E-state index is 0.0464. The Morgan fingerprint density at radius 3 is 2.71 bits per heavy atom. The van der Waals surface area contributed by atoms with Crippen molar-refractivity contribution < 1.29 is 9.13 Å². The van der Waals surface area contributed by atoms with Crippen LogP contribution in [0.25, 0.3) is 0 Å². The van der Waals surface area contributed by atoms with Crippen LogP contribution in [0.3, 0.4) is 0 Å². The van der Waals surface area contributed by atoms with Crippen molar-refractivity contribution in [2.24, 2.45) is 0 Å². The second-order valence-corrected chi connectivity index (χ2v) is 3.11. The van der Waals surface area contributed by atoms with Crippen LogP contribution in [0.5, 0.6) is 5.75 Å². The number of methoxy groups -OCH3 is 1. The van der Waals surface area contributed by atoms with Gasteiger partial charge in [-0.15, -0.1) is 0 Å². The highest BCUT2D eigenvalue weighted by molar-refractivity contribution is 5.32. The Morgan fingerprint density at radius 1 is 1.50 bits per heavy atom. The summed E-state index contributed by atoms with van der Waals surface area (Å²) in [6.07, 6.45) is 0.848. The molecule has 0 radical (unpaired) electrons. The Bertz CT molecular complexity index is 297. The van der Waals surface area contributed by atoms with E-state index in [0.29, 0.717) is 11.3 Å². The quantitative estimate of drug-likeness (QED) is 0.800. The summed E-state index contributed by atoms with van der Waals surface area (Å²) < 4.78 is 18.7. The molecule has 0 bridgehead atoms. The van der Waals surface area contributed by atoms with Crippen LogP contribution in [0.4, 0.5) is 4.39 Å². The van der Waals surface area contributed by atoms with Crippen LogP contribution in [0.15, 0.2) is 18.2 Å². The van der Waals surface area contributed by atoms with E-state index >= 15 is 0 Å². The monoisotopic (exact) mass is 197 g/mol. The summed E-state index contributed by atoms with van der Waals surface area (Å²) in [6.45, 7) is 2.01. The van der Waals surface area contributed by atoms with Gasteiger partial charge in [-0.25, -0.2) is 4.39 Å². The largest absolute Gasteiger partial charge is 0.494 e. The topological polar surface area (TPSA) is 21.3 Å². The van der Waals surface area contributed by atoms with Crippen molar-refractivity contribution in [2.45, 2.75) is 19.4 Å². The average molecular weight is 197 g/mol. The van der Waals surface area contributed by atoms with Gasteiger partial charge in [0.25, 0.3) is 0 Å². The van der Waals surface area contributed by atoms with Gasteiger partial charge in [0.15, 0.2) is 11.6 Å². The fraction of sp³-hybridized carbons (Fsp3) is 0.455. The van der Waals surface area contributed by atoms with Crippen molar-refractivity contribution in [1.82, 2.24) is 5.32 Å². The third-order valence-electron chi connectivity index (χ3n) is 2.35. The van der Waals surface area contributed by atoms with Crippen LogP contribution in [0.1, 0.15) is 24.9 Å². The molecule has 1 rings (SSSR count). The Hall–Kier alpha value is -1.09. The molecule has 0 amide bonds. The van der Waals surface area contributed by atoms with E-state index in [1.54, 1.807) is 18.2 Å². The van der Waals surface area contributed by atoms with Gasteiger partial charge in [-0.2, -0.15) is 0 Å². The summed E-state index contributed by atoms with van der Waals surface area (Å²) in [4.78, 5) is 0. The van der Waals surface area contributed by atoms with Crippen LogP contribution in [0.2, 0.25) is 0 Å². The van der Waals surface area contributed by atoms with Crippen molar-refractivity contribution in [2.75, 3.05) is 14.2 Å². The number of ether oxygens (including phenoxy) is 1. The van der Waals surface area contributed by atoms with Gasteiger partial charge in [-0.05, 0) is 19.5 Å². The minimum atomic E-state index is -0.267. The smallest absolute Gasteiger partial charge is 0.169 e. The van der Waals surface area contributed by atoms with E-state index in [9.17, 15) is 4.39 Å². The average Bonchev–Trinajstić information content (AvgIpc) is 2.22. The van der Waals surface area contributed by atoms with E-state index in [0.717, 1.165) is 6.42 Å². The van der Waals surface area contributed by atoms with Crippen molar-refractivity contribution in [3.8, 4) is 5.75 Å². The van der Waals surface area contributed by atoms with Crippen LogP contribution in [-0.2, 0) is 0 Å². The zero-order valence-corrected chi connectivity index (χ0v) is 8.80. The van der Waals surface area contributed by atoms with Gasteiger partial charge in [0, 0.05) is 11.6 Å². The first-order valence-electron chi connectivity index (χ1n) is 4.74. The molecule has 1 unspecified atom stereocenters. The number of hydrogen-bond acceptors (Lipinski definition) is 2. The lowest BCUT2D eigenvalue weighted by atomic mass is 10.0. The number of hydrogen-bond donors (Lipinski definition) is 1. The first-order valence-corrected chi connectivity index (χ1v) is 4.74. The molecule has 1 aromatic carbocycles. The lowest BCUT2D eigenvalue weighted by molar-refractivity contribution is 0.380. The molecule has 1 N–H and O–H groups in total. The summed E-state index contributed by atoms with van der Waals surface area (Å²) in [5, 5.41) is 3.06. The second kappa shape index (κ2) is 4.96. The van der Waals surface area contributed by atoms with Gasteiger partial charge in [-0.1, -0.05) is 19.1 Å². The lowest BCUT2D eigenvalue weighted by Gasteiger charge is -2.16. The van der Waals surface area contributed by atoms with Crippen LogP contribution in [-0.4, -0.2) is 14.2 Å². The van der Waals surface area contributed by atoms with E-state index in [1.807, 2.05) is 14.0 Å². The maximum Gasteiger partial charge on any atom is 0.169 e. The van der Waals surface area contributed by atoms with Crippen molar-refractivity contribution in [3.63, 3.8) is 0 Å². The Labute approximate surface area is 84.1 Å². The van der Waals surface area contributed by atoms with Crippen LogP contribution < -0.4 is 10.1 Å². The highest BCUT2D eigenvalue weighted by atomic mass is 19.1. The Balaban J connectivity index is 3.07. The molecule has 0 fully saturated rings. The zero-order chi connectivity index (χ0) is 10.6. The fourth-order valence-electron chi connectivity index (χ4n) is 1.53. The number of benzene rings is 1. The molecule has 14 heavy (non-hydrogen) atoms. The highest BCUT2D eigenvalue weighted by Crippen LogP contribution is 2.26. The fourth-order valence-corrected chi connectivity index (χ4v) is 1.53. The molecule has 0 heterocycles. The maximum absolute atomic E-state index is 13.7. The molecule has 3 heteroatoms. The number of nitrogens with one attached hydrogen (secondary N) is 1. The Morgan fingerprint density at radius 2 is 2.21 bits per heavy atom. The van der Waals surface area contributed by atoms with Gasteiger partial charge in [0.2, 0.25) is 0 Å². The molecule has 0 aliphatic carbocycles. The van der Waals surface area contributed by atoms with Gasteiger partial charge in [0.05, 0.1) is 7.11 Å². The van der Waals surface area contributed by atoms with E-state index < -0.39 is 0 Å². The normalized spacial score (nSPS) is 12.6. The van der Waals surface area contributed by atoms with E-state index in [4.69, 9.17) is 4.74 Å². The maximum atomic E-state index is 13.7. The first kappa shape index (κ1) is 11.0. The van der Waals surface area contributed by atoms with E-state index in [1.165, 1.54) is 7.11 Å². The summed E-state index contributed by atoms with van der Waals surface area (Å²) >= 11 is 0. The molecule has 1 aromatic rings. The summed E-state index contributed by atoms with van der Waals surface area (Å²) in [5.74, 6) is 0.0346. The predicted molar refractivity (Wildman–Crippen MR) is 55.0 cm³/mol. The molecule has 0 spiro atoms. The SMILES string of the molecule is CCC(NC)c1cccc(OC)c1F. The number of rotatable bonds is 4. The molecule has 0 aliphatic heterocycles. The molecule has 78 valence electrons. The summed E-state index contributed by atoms with van der Waals surface area (Å²) in [6, 6.07) is 5.26. The van der Waals surface area contributed by atoms with Gasteiger partial charge < -0.3 is 10.1 Å². The van der Waals surface area contributed by atoms with Gasteiger partial charge in [0.1, 0.15) is 0 Å². The molecule has 0 aliphatic rings. The molecule has 0 saturated heterocycles. The predicted octanol–water partition coefficient (Wildman–Crippen LogP) is 2.50. The third-order valence-corrected chi connectivity index (χ3v) is 2.35. The molecule has 0 aromatic heterocycles. The second-order valence-electron chi connectivity index (χ2n) is 3.11. The molecule has 1 atom stereocenters. The molecular formula is C11H16FNO. The van der Waals surface area contributed by atoms with Crippen molar-refractivity contribution >= 4 is 0 Å². The summed E-state index contributed by atoms with van der Waals surface area (Å²) in [5.41, 5.74) is 0.661. The van der Waals surface area contributed by atoms with Crippen molar-refractivity contribution in [3.05, 3.63) is 29.6 Å². The van der Waals surface area contributed by atoms with Crippen LogP contribution >= 0.6 is 0 Å². The standard InChI is InChI=1S/C11H16FNO/c1-4-9(13-2)8-6-5-7-10(14-3)11(8)12/h5-7,9,13H,4H2,1-3H3. The van der Waals surface area contributed by atoms with E-state index in [2.05, 4.69) is 5.32 Å². The highest BCUT2D eigenvalue weighted by Gasteiger charge is 2.14. The first-order chi connectivity index (χ1) is 6.74. The molecular weight excluding hydrogens is 181 g/mol. The van der Waals surface area contributed by atoms with Crippen molar-refractivity contribution in [1.29, 1.82) is 0 Å². The minimum Gasteiger partial charge on any atom is -0.494 e. The van der Waals surface area contributed by atoms with Gasteiger partial charge >= 0.3 is 0 Å². The Kier molecular flexibility index (Phi) is 3.89. The molecule has 0 saturated carbocycles.